The molecule has 1 spiro atoms. The van der Waals surface area contributed by atoms with Crippen LogP contribution in [0.25, 0.3) is 0 Å². The van der Waals surface area contributed by atoms with E-state index in [2.05, 4.69) is 25.9 Å². The second-order valence-electron chi connectivity index (χ2n) is 5.17. The number of hydrogen-bond donors (Lipinski definition) is 0. The number of halogens is 3. The Labute approximate surface area is 117 Å². The average Bonchev–Trinajstić information content (AvgIpc) is 2.56. The maximum Gasteiger partial charge on any atom is 0.248 e. The number of hydrogen-bond acceptors (Lipinski definition) is 3. The summed E-state index contributed by atoms with van der Waals surface area (Å²) < 4.78 is 27.2. The van der Waals surface area contributed by atoms with Crippen molar-refractivity contribution in [2.45, 2.75) is 37.0 Å². The molecule has 102 valence electrons. The Balaban J connectivity index is 2.08. The number of carbonyl (C=O) groups excluding carboxylic acids is 1. The number of carbonyl (C=O) groups is 1. The van der Waals surface area contributed by atoms with Gasteiger partial charge in [0.1, 0.15) is 10.3 Å². The molecule has 1 aromatic rings. The molecule has 1 aromatic heterocycles. The van der Waals surface area contributed by atoms with Crippen molar-refractivity contribution in [3.8, 4) is 0 Å². The van der Waals surface area contributed by atoms with E-state index >= 15 is 0 Å². The largest absolute Gasteiger partial charge is 0.298 e. The van der Waals surface area contributed by atoms with E-state index in [1.165, 1.54) is 11.1 Å². The van der Waals surface area contributed by atoms with Crippen LogP contribution in [0, 0.1) is 0 Å². The summed E-state index contributed by atoms with van der Waals surface area (Å²) in [7, 11) is 1.62. The molecule has 0 unspecified atom stereocenters. The summed E-state index contributed by atoms with van der Waals surface area (Å²) in [6.07, 6.45) is 1.21. The maximum absolute atomic E-state index is 13.4. The SMILES string of the molecule is CN1C(=O)C2(CCC(F)(F)CC2)c2nc(Br)cnc21. The molecule has 0 atom stereocenters. The standard InChI is InChI=1S/C12H12BrF2N3O/c1-18-9-8(17-7(13)6-16-9)11(10(18)19)2-4-12(14,15)5-3-11/h6H,2-5H2,1H3. The number of alkyl halides is 2. The predicted octanol–water partition coefficient (Wildman–Crippen LogP) is 2.66. The molecule has 0 bridgehead atoms. The molecule has 0 N–H and O–H groups in total. The topological polar surface area (TPSA) is 46.1 Å². The highest BCUT2D eigenvalue weighted by Crippen LogP contribution is 2.51. The van der Waals surface area contributed by atoms with Crippen LogP contribution in [0.4, 0.5) is 14.6 Å². The fraction of sp³-hybridized carbons (Fsp3) is 0.583. The third-order valence-electron chi connectivity index (χ3n) is 4.04. The van der Waals surface area contributed by atoms with E-state index in [-0.39, 0.29) is 31.6 Å². The first-order valence-corrected chi connectivity index (χ1v) is 6.84. The Hall–Kier alpha value is -1.11. The van der Waals surface area contributed by atoms with Gasteiger partial charge in [0.2, 0.25) is 11.8 Å². The van der Waals surface area contributed by atoms with Gasteiger partial charge in [-0.15, -0.1) is 0 Å². The summed E-state index contributed by atoms with van der Waals surface area (Å²) in [5.41, 5.74) is -0.382. The van der Waals surface area contributed by atoms with Gasteiger partial charge in [0.25, 0.3) is 0 Å². The second-order valence-corrected chi connectivity index (χ2v) is 5.98. The number of nitrogens with zero attached hydrogens (tertiary/aromatic N) is 3. The van der Waals surface area contributed by atoms with Gasteiger partial charge < -0.3 is 0 Å². The van der Waals surface area contributed by atoms with Crippen LogP contribution < -0.4 is 4.90 Å². The van der Waals surface area contributed by atoms with Gasteiger partial charge in [0.05, 0.1) is 11.6 Å². The smallest absolute Gasteiger partial charge is 0.248 e. The molecule has 0 radical (unpaired) electrons. The van der Waals surface area contributed by atoms with Gasteiger partial charge in [0.15, 0.2) is 5.82 Å². The summed E-state index contributed by atoms with van der Waals surface area (Å²) in [5.74, 6) is -2.36. The molecule has 4 nitrogen and oxygen atoms in total. The molecule has 0 aromatic carbocycles. The first-order valence-electron chi connectivity index (χ1n) is 6.05. The van der Waals surface area contributed by atoms with Crippen molar-refractivity contribution in [1.29, 1.82) is 0 Å². The van der Waals surface area contributed by atoms with Crippen LogP contribution in [0.15, 0.2) is 10.8 Å². The molecular weight excluding hydrogens is 320 g/mol. The van der Waals surface area contributed by atoms with Crippen molar-refractivity contribution in [2.24, 2.45) is 0 Å². The van der Waals surface area contributed by atoms with E-state index in [1.54, 1.807) is 7.05 Å². The average molecular weight is 332 g/mol. The van der Waals surface area contributed by atoms with Crippen LogP contribution in [0.3, 0.4) is 0 Å². The van der Waals surface area contributed by atoms with Crippen LogP contribution in [0.2, 0.25) is 0 Å². The van der Waals surface area contributed by atoms with E-state index in [0.717, 1.165) is 0 Å². The van der Waals surface area contributed by atoms with E-state index < -0.39 is 11.3 Å². The number of fused-ring (bicyclic) bond motifs is 2. The molecule has 1 saturated carbocycles. The number of anilines is 1. The van der Waals surface area contributed by atoms with Crippen LogP contribution >= 0.6 is 15.9 Å². The summed E-state index contributed by atoms with van der Waals surface area (Å²) in [5, 5.41) is 0. The van der Waals surface area contributed by atoms with Crippen LogP contribution in [-0.4, -0.2) is 28.8 Å². The Morgan fingerprint density at radius 1 is 1.32 bits per heavy atom. The third kappa shape index (κ3) is 1.78. The first-order chi connectivity index (χ1) is 8.86. The molecule has 1 aliphatic carbocycles. The fourth-order valence-electron chi connectivity index (χ4n) is 2.94. The lowest BCUT2D eigenvalue weighted by atomic mass is 9.71. The Morgan fingerprint density at radius 3 is 2.58 bits per heavy atom. The Kier molecular flexibility index (Phi) is 2.68. The normalized spacial score (nSPS) is 23.8. The zero-order chi connectivity index (χ0) is 13.8. The Bertz CT molecular complexity index is 554. The molecule has 7 heteroatoms. The van der Waals surface area contributed by atoms with Gasteiger partial charge in [-0.05, 0) is 28.8 Å². The van der Waals surface area contributed by atoms with Gasteiger partial charge in [-0.25, -0.2) is 18.7 Å². The van der Waals surface area contributed by atoms with Crippen LogP contribution in [0.1, 0.15) is 31.4 Å². The number of aromatic nitrogens is 2. The van der Waals surface area contributed by atoms with Crippen molar-refractivity contribution < 1.29 is 13.6 Å². The number of amides is 1. The number of rotatable bonds is 0. The minimum Gasteiger partial charge on any atom is -0.298 e. The minimum absolute atomic E-state index is 0.126. The van der Waals surface area contributed by atoms with Gasteiger partial charge in [-0.2, -0.15) is 0 Å². The predicted molar refractivity (Wildman–Crippen MR) is 68.2 cm³/mol. The molecular formula is C12H12BrF2N3O. The zero-order valence-electron chi connectivity index (χ0n) is 10.3. The maximum atomic E-state index is 13.4. The highest BCUT2D eigenvalue weighted by atomic mass is 79.9. The lowest BCUT2D eigenvalue weighted by Crippen LogP contribution is -2.44. The molecule has 2 aliphatic rings. The molecule has 1 amide bonds. The lowest BCUT2D eigenvalue weighted by molar-refractivity contribution is -0.128. The van der Waals surface area contributed by atoms with Gasteiger partial charge in [-0.1, -0.05) is 0 Å². The lowest BCUT2D eigenvalue weighted by Gasteiger charge is -2.35. The van der Waals surface area contributed by atoms with Crippen molar-refractivity contribution in [3.63, 3.8) is 0 Å². The number of likely N-dealkylation sites (N-methyl/N-ethyl adjacent to an activating group) is 1. The molecule has 1 fully saturated rings. The van der Waals surface area contributed by atoms with Gasteiger partial charge >= 0.3 is 0 Å². The van der Waals surface area contributed by atoms with E-state index in [9.17, 15) is 13.6 Å². The van der Waals surface area contributed by atoms with Crippen molar-refractivity contribution in [3.05, 3.63) is 16.5 Å². The molecule has 19 heavy (non-hydrogen) atoms. The van der Waals surface area contributed by atoms with Crippen molar-refractivity contribution in [1.82, 2.24) is 9.97 Å². The molecule has 2 heterocycles. The molecule has 3 rings (SSSR count). The molecule has 1 aliphatic heterocycles. The minimum atomic E-state index is -2.67. The second kappa shape index (κ2) is 3.94. The summed E-state index contributed by atoms with van der Waals surface area (Å²) in [6.45, 7) is 0. The fourth-order valence-corrected chi connectivity index (χ4v) is 3.22. The Morgan fingerprint density at radius 2 is 1.95 bits per heavy atom. The monoisotopic (exact) mass is 331 g/mol. The highest BCUT2D eigenvalue weighted by Gasteiger charge is 2.56. The summed E-state index contributed by atoms with van der Waals surface area (Å²) in [4.78, 5) is 22.4. The van der Waals surface area contributed by atoms with Gasteiger partial charge in [0, 0.05) is 19.9 Å². The van der Waals surface area contributed by atoms with Crippen molar-refractivity contribution in [2.75, 3.05) is 11.9 Å². The molecule has 0 saturated heterocycles. The zero-order valence-corrected chi connectivity index (χ0v) is 11.9. The van der Waals surface area contributed by atoms with Crippen LogP contribution in [-0.2, 0) is 10.2 Å². The van der Waals surface area contributed by atoms with E-state index in [0.29, 0.717) is 16.1 Å². The summed E-state index contributed by atoms with van der Waals surface area (Å²) in [6, 6.07) is 0. The van der Waals surface area contributed by atoms with Gasteiger partial charge in [-0.3, -0.25) is 9.69 Å². The first kappa shape index (κ1) is 12.9. The highest BCUT2D eigenvalue weighted by molar-refractivity contribution is 9.10. The van der Waals surface area contributed by atoms with E-state index in [1.807, 2.05) is 0 Å². The van der Waals surface area contributed by atoms with Crippen molar-refractivity contribution >= 4 is 27.7 Å². The third-order valence-corrected chi connectivity index (χ3v) is 4.43. The summed E-state index contributed by atoms with van der Waals surface area (Å²) >= 11 is 3.23. The quantitative estimate of drug-likeness (QED) is 0.734. The van der Waals surface area contributed by atoms with Crippen LogP contribution in [0.5, 0.6) is 0 Å². The van der Waals surface area contributed by atoms with E-state index in [4.69, 9.17) is 0 Å².